The van der Waals surface area contributed by atoms with E-state index in [0.717, 1.165) is 30.7 Å². The van der Waals surface area contributed by atoms with Crippen molar-refractivity contribution < 1.29 is 0 Å². The van der Waals surface area contributed by atoms with Crippen LogP contribution in [0.2, 0.25) is 0 Å². The van der Waals surface area contributed by atoms with Gasteiger partial charge in [0.05, 0.1) is 11.6 Å². The highest BCUT2D eigenvalue weighted by atomic mass is 15.2. The highest BCUT2D eigenvalue weighted by molar-refractivity contribution is 5.63. The molecule has 1 N–H and O–H groups in total. The fourth-order valence-electron chi connectivity index (χ4n) is 1.65. The van der Waals surface area contributed by atoms with E-state index in [4.69, 9.17) is 5.26 Å². The Hall–Kier alpha value is -2.15. The van der Waals surface area contributed by atoms with Crippen LogP contribution >= 0.6 is 0 Å². The van der Waals surface area contributed by atoms with Crippen LogP contribution in [0, 0.1) is 11.3 Å². The minimum absolute atomic E-state index is 0.605. The Morgan fingerprint density at radius 2 is 2.18 bits per heavy atom. The molecule has 4 heteroatoms. The maximum Gasteiger partial charge on any atom is 0.182 e. The Bertz CT molecular complexity index is 536. The molecule has 0 saturated heterocycles. The third kappa shape index (κ3) is 2.51. The number of rotatable bonds is 4. The first-order chi connectivity index (χ1) is 8.35. The quantitative estimate of drug-likeness (QED) is 0.871. The molecule has 0 unspecified atom stereocenters. The van der Waals surface area contributed by atoms with Crippen molar-refractivity contribution in [3.8, 4) is 17.5 Å². The van der Waals surface area contributed by atoms with Gasteiger partial charge in [-0.15, -0.1) is 0 Å². The van der Waals surface area contributed by atoms with Gasteiger partial charge in [0, 0.05) is 12.0 Å². The number of nitriles is 1. The summed E-state index contributed by atoms with van der Waals surface area (Å²) >= 11 is 0. The summed E-state index contributed by atoms with van der Waals surface area (Å²) in [4.78, 5) is 4.41. The molecule has 0 spiro atoms. The molecule has 1 aromatic heterocycles. The number of aryl methyl sites for hydroxylation is 1. The first-order valence-electron chi connectivity index (χ1n) is 5.76. The number of hydrogen-bond acceptors (Lipinski definition) is 3. The lowest BCUT2D eigenvalue weighted by molar-refractivity contribution is 0.756. The van der Waals surface area contributed by atoms with Crippen molar-refractivity contribution in [2.75, 3.05) is 0 Å². The molecule has 2 rings (SSSR count). The zero-order chi connectivity index (χ0) is 12.1. The average Bonchev–Trinajstić information content (AvgIpc) is 2.85. The highest BCUT2D eigenvalue weighted by Crippen LogP contribution is 2.19. The van der Waals surface area contributed by atoms with Gasteiger partial charge in [-0.05, 0) is 18.6 Å². The highest BCUT2D eigenvalue weighted by Gasteiger charge is 2.09. The maximum atomic E-state index is 9.01. The number of nitrogens with zero attached hydrogens (tertiary/aromatic N) is 3. The second-order valence-electron chi connectivity index (χ2n) is 3.87. The summed E-state index contributed by atoms with van der Waals surface area (Å²) in [6, 6.07) is 9.52. The van der Waals surface area contributed by atoms with Crippen molar-refractivity contribution in [1.29, 1.82) is 5.26 Å². The van der Waals surface area contributed by atoms with Crippen molar-refractivity contribution in [2.45, 2.75) is 26.2 Å². The van der Waals surface area contributed by atoms with Crippen molar-refractivity contribution in [3.63, 3.8) is 0 Å². The van der Waals surface area contributed by atoms with Crippen LogP contribution in [-0.4, -0.2) is 15.2 Å². The molecule has 0 aliphatic carbocycles. The number of benzene rings is 1. The standard InChI is InChI=1S/C13H14N4/c1-2-3-8-12-15-13(17-16-12)11-7-5-4-6-10(11)9-14/h4-7H,2-3,8H2,1H3,(H,15,16,17). The molecule has 0 fully saturated rings. The number of hydrogen-bond donors (Lipinski definition) is 1. The number of nitrogens with one attached hydrogen (secondary N) is 1. The summed E-state index contributed by atoms with van der Waals surface area (Å²) in [7, 11) is 0. The molecular weight excluding hydrogens is 212 g/mol. The van der Waals surface area contributed by atoms with Gasteiger partial charge in [0.15, 0.2) is 5.82 Å². The van der Waals surface area contributed by atoms with Gasteiger partial charge in [-0.2, -0.15) is 10.4 Å². The monoisotopic (exact) mass is 226 g/mol. The van der Waals surface area contributed by atoms with E-state index in [0.29, 0.717) is 11.4 Å². The summed E-state index contributed by atoms with van der Waals surface area (Å²) in [5.74, 6) is 1.49. The topological polar surface area (TPSA) is 65.4 Å². The second-order valence-corrected chi connectivity index (χ2v) is 3.87. The van der Waals surface area contributed by atoms with E-state index >= 15 is 0 Å². The minimum Gasteiger partial charge on any atom is -0.263 e. The molecule has 0 atom stereocenters. The van der Waals surface area contributed by atoms with E-state index in [9.17, 15) is 0 Å². The van der Waals surface area contributed by atoms with Crippen LogP contribution in [0.25, 0.3) is 11.4 Å². The number of unbranched alkanes of at least 4 members (excludes halogenated alkanes) is 1. The normalized spacial score (nSPS) is 10.1. The molecule has 0 saturated carbocycles. The molecule has 17 heavy (non-hydrogen) atoms. The predicted octanol–water partition coefficient (Wildman–Crippen LogP) is 2.69. The molecule has 0 radical (unpaired) electrons. The third-order valence-corrected chi connectivity index (χ3v) is 2.59. The van der Waals surface area contributed by atoms with Crippen LogP contribution in [0.4, 0.5) is 0 Å². The Morgan fingerprint density at radius 3 is 2.94 bits per heavy atom. The lowest BCUT2D eigenvalue weighted by Crippen LogP contribution is -1.88. The molecular formula is C13H14N4. The molecule has 4 nitrogen and oxygen atoms in total. The van der Waals surface area contributed by atoms with Gasteiger partial charge >= 0.3 is 0 Å². The minimum atomic E-state index is 0.605. The number of aromatic amines is 1. The Morgan fingerprint density at radius 1 is 1.35 bits per heavy atom. The van der Waals surface area contributed by atoms with E-state index in [-0.39, 0.29) is 0 Å². The zero-order valence-corrected chi connectivity index (χ0v) is 9.77. The van der Waals surface area contributed by atoms with E-state index in [1.54, 1.807) is 6.07 Å². The molecule has 1 heterocycles. The van der Waals surface area contributed by atoms with Crippen molar-refractivity contribution >= 4 is 0 Å². The summed E-state index contributed by atoms with van der Waals surface area (Å²) < 4.78 is 0. The zero-order valence-electron chi connectivity index (χ0n) is 9.77. The lowest BCUT2D eigenvalue weighted by atomic mass is 10.1. The van der Waals surface area contributed by atoms with E-state index < -0.39 is 0 Å². The Balaban J connectivity index is 2.28. The van der Waals surface area contributed by atoms with Gasteiger partial charge in [-0.25, -0.2) is 4.98 Å². The molecule has 0 aliphatic heterocycles. The van der Waals surface area contributed by atoms with E-state index in [2.05, 4.69) is 28.2 Å². The van der Waals surface area contributed by atoms with Gasteiger partial charge in [0.25, 0.3) is 0 Å². The summed E-state index contributed by atoms with van der Waals surface area (Å²) in [6.07, 6.45) is 3.12. The fourth-order valence-corrected chi connectivity index (χ4v) is 1.65. The number of H-pyrrole nitrogens is 1. The van der Waals surface area contributed by atoms with Gasteiger partial charge in [0.2, 0.25) is 0 Å². The number of aromatic nitrogens is 3. The van der Waals surface area contributed by atoms with Gasteiger partial charge < -0.3 is 0 Å². The predicted molar refractivity (Wildman–Crippen MR) is 65.1 cm³/mol. The molecule has 0 amide bonds. The van der Waals surface area contributed by atoms with Gasteiger partial charge in [0.1, 0.15) is 5.82 Å². The third-order valence-electron chi connectivity index (χ3n) is 2.59. The molecule has 86 valence electrons. The van der Waals surface area contributed by atoms with Gasteiger partial charge in [-0.1, -0.05) is 25.5 Å². The largest absolute Gasteiger partial charge is 0.263 e. The van der Waals surface area contributed by atoms with Crippen LogP contribution in [0.3, 0.4) is 0 Å². The Kier molecular flexibility index (Phi) is 3.51. The average molecular weight is 226 g/mol. The summed E-state index contributed by atoms with van der Waals surface area (Å²) in [6.45, 7) is 2.14. The van der Waals surface area contributed by atoms with E-state index in [1.807, 2.05) is 18.2 Å². The first kappa shape index (κ1) is 11.3. The summed E-state index contributed by atoms with van der Waals surface area (Å²) in [5, 5.41) is 16.1. The molecule has 1 aromatic carbocycles. The molecule has 0 aliphatic rings. The lowest BCUT2D eigenvalue weighted by Gasteiger charge is -1.96. The SMILES string of the molecule is CCCCc1nc(-c2ccccc2C#N)n[nH]1. The van der Waals surface area contributed by atoms with Crippen molar-refractivity contribution in [3.05, 3.63) is 35.7 Å². The maximum absolute atomic E-state index is 9.01. The van der Waals surface area contributed by atoms with Crippen LogP contribution < -0.4 is 0 Å². The van der Waals surface area contributed by atoms with Gasteiger partial charge in [-0.3, -0.25) is 5.10 Å². The van der Waals surface area contributed by atoms with Crippen LogP contribution in [0.5, 0.6) is 0 Å². The molecule has 2 aromatic rings. The van der Waals surface area contributed by atoms with Crippen LogP contribution in [0.15, 0.2) is 24.3 Å². The first-order valence-corrected chi connectivity index (χ1v) is 5.76. The molecule has 0 bridgehead atoms. The smallest absolute Gasteiger partial charge is 0.182 e. The second kappa shape index (κ2) is 5.26. The van der Waals surface area contributed by atoms with Crippen LogP contribution in [0.1, 0.15) is 31.2 Å². The fraction of sp³-hybridized carbons (Fsp3) is 0.308. The summed E-state index contributed by atoms with van der Waals surface area (Å²) in [5.41, 5.74) is 1.39. The van der Waals surface area contributed by atoms with Crippen LogP contribution in [-0.2, 0) is 6.42 Å². The van der Waals surface area contributed by atoms with E-state index in [1.165, 1.54) is 0 Å². The Labute approximate surface area is 100 Å². The van der Waals surface area contributed by atoms with Crippen molar-refractivity contribution in [2.24, 2.45) is 0 Å². The van der Waals surface area contributed by atoms with Crippen molar-refractivity contribution in [1.82, 2.24) is 15.2 Å².